The van der Waals surface area contributed by atoms with Crippen molar-refractivity contribution < 1.29 is 19.2 Å². The van der Waals surface area contributed by atoms with Gasteiger partial charge in [-0.3, -0.25) is 4.57 Å². The second kappa shape index (κ2) is 10.7. The van der Waals surface area contributed by atoms with Crippen molar-refractivity contribution in [2.75, 3.05) is 67.2 Å². The van der Waals surface area contributed by atoms with E-state index in [0.29, 0.717) is 44.4 Å². The van der Waals surface area contributed by atoms with Crippen molar-refractivity contribution in [1.29, 1.82) is 0 Å². The van der Waals surface area contributed by atoms with Gasteiger partial charge in [-0.15, -0.1) is 0 Å². The summed E-state index contributed by atoms with van der Waals surface area (Å²) in [4.78, 5) is 42.2. The van der Waals surface area contributed by atoms with Gasteiger partial charge < -0.3 is 34.3 Å². The van der Waals surface area contributed by atoms with Crippen LogP contribution >= 0.6 is 0 Å². The number of rotatable bonds is 6. The topological polar surface area (TPSA) is 132 Å². The minimum absolute atomic E-state index is 0.221. The lowest BCUT2D eigenvalue weighted by atomic mass is 10.2. The number of imidazole rings is 1. The third-order valence-corrected chi connectivity index (χ3v) is 6.38. The number of fused-ring (bicyclic) bond motifs is 1. The van der Waals surface area contributed by atoms with Crippen LogP contribution in [0.25, 0.3) is 0 Å². The predicted molar refractivity (Wildman–Crippen MR) is 135 cm³/mol. The van der Waals surface area contributed by atoms with Crippen LogP contribution in [0, 0.1) is 10.1 Å². The van der Waals surface area contributed by atoms with Crippen LogP contribution in [0.4, 0.5) is 23.3 Å². The van der Waals surface area contributed by atoms with Crippen molar-refractivity contribution in [1.82, 2.24) is 19.5 Å². The van der Waals surface area contributed by atoms with Crippen LogP contribution < -0.4 is 19.4 Å². The number of hydrogen-bond acceptors (Lipinski definition) is 11. The molecule has 0 amide bonds. The molecule has 13 nitrogen and oxygen atoms in total. The number of aromatic nitrogens is 4. The van der Waals surface area contributed by atoms with E-state index >= 15 is 0 Å². The van der Waals surface area contributed by atoms with E-state index in [2.05, 4.69) is 24.7 Å². The normalized spacial score (nSPS) is 15.9. The van der Waals surface area contributed by atoms with E-state index in [9.17, 15) is 14.9 Å². The predicted octanol–water partition coefficient (Wildman–Crippen LogP) is 1.98. The summed E-state index contributed by atoms with van der Waals surface area (Å²) in [5.74, 6) is 0.913. The largest absolute Gasteiger partial charge is 0.462 e. The van der Waals surface area contributed by atoms with Gasteiger partial charge in [-0.2, -0.15) is 4.98 Å². The molecule has 0 saturated carbocycles. The fourth-order valence-corrected chi connectivity index (χ4v) is 4.42. The molecule has 0 N–H and O–H groups in total. The lowest BCUT2D eigenvalue weighted by Crippen LogP contribution is -2.47. The average molecular weight is 509 g/mol. The Hall–Kier alpha value is -4.42. The number of anilines is 3. The minimum atomic E-state index is -0.520. The fraction of sp³-hybridized carbons (Fsp3) is 0.417. The molecule has 2 aliphatic rings. The Kier molecular flexibility index (Phi) is 7.01. The first-order valence-corrected chi connectivity index (χ1v) is 12.2. The summed E-state index contributed by atoms with van der Waals surface area (Å²) in [6.07, 6.45) is 3.15. The molecule has 0 spiro atoms. The molecule has 0 radical (unpaired) electrons. The highest BCUT2D eigenvalue weighted by atomic mass is 16.6. The Morgan fingerprint density at radius 1 is 1.00 bits per heavy atom. The van der Waals surface area contributed by atoms with Crippen LogP contribution in [0.1, 0.15) is 17.3 Å². The van der Waals surface area contributed by atoms with E-state index in [4.69, 9.17) is 14.5 Å². The van der Waals surface area contributed by atoms with Crippen molar-refractivity contribution >= 4 is 29.2 Å². The molecule has 1 aromatic carbocycles. The van der Waals surface area contributed by atoms with Gasteiger partial charge in [0, 0.05) is 56.1 Å². The van der Waals surface area contributed by atoms with E-state index in [1.807, 2.05) is 18.2 Å². The molecule has 1 saturated heterocycles. The molecule has 2 aliphatic heterocycles. The number of nitrogens with zero attached hydrogens (tertiary/aromatic N) is 8. The quantitative estimate of drug-likeness (QED) is 0.275. The molecule has 2 aromatic heterocycles. The Morgan fingerprint density at radius 2 is 1.73 bits per heavy atom. The van der Waals surface area contributed by atoms with Gasteiger partial charge in [0.25, 0.3) is 0 Å². The highest BCUT2D eigenvalue weighted by Crippen LogP contribution is 2.23. The minimum Gasteiger partial charge on any atom is -0.462 e. The van der Waals surface area contributed by atoms with Gasteiger partial charge in [0.05, 0.1) is 18.7 Å². The average Bonchev–Trinajstić information content (AvgIpc) is 3.31. The molecular formula is C24H28N8O5. The maximum atomic E-state index is 11.9. The molecular weight excluding hydrogens is 480 g/mol. The standard InChI is InChI=1S/C24H28N8O5/c1-2-36-22(33)18-3-5-19(6-4-18)28-9-12-30(13-10-28)23-25-8-7-20(26-23)29-11-14-31-17-21(32(34)35)27-24(31)37-16-15-29/h3-8,17H,2,9-16H2,1H3. The first-order chi connectivity index (χ1) is 18.0. The molecule has 3 aromatic rings. The maximum absolute atomic E-state index is 11.9. The Balaban J connectivity index is 1.20. The first kappa shape index (κ1) is 24.3. The van der Waals surface area contributed by atoms with Crippen LogP contribution in [0.2, 0.25) is 0 Å². The summed E-state index contributed by atoms with van der Waals surface area (Å²) in [5.41, 5.74) is 1.61. The molecule has 0 aliphatic carbocycles. The SMILES string of the molecule is CCOC(=O)c1ccc(N2CCN(c3nccc(N4CCOc5nc([N+](=O)[O-])cn5CC4)n3)CC2)cc1. The van der Waals surface area contributed by atoms with Crippen molar-refractivity contribution in [3.05, 3.63) is 58.4 Å². The van der Waals surface area contributed by atoms with Crippen molar-refractivity contribution in [3.8, 4) is 6.01 Å². The third kappa shape index (κ3) is 5.39. The number of esters is 1. The molecule has 4 heterocycles. The zero-order valence-corrected chi connectivity index (χ0v) is 20.5. The van der Waals surface area contributed by atoms with Gasteiger partial charge in [-0.1, -0.05) is 0 Å². The second-order valence-corrected chi connectivity index (χ2v) is 8.62. The van der Waals surface area contributed by atoms with Crippen LogP contribution in [-0.2, 0) is 11.3 Å². The van der Waals surface area contributed by atoms with E-state index in [1.165, 1.54) is 6.20 Å². The van der Waals surface area contributed by atoms with E-state index < -0.39 is 4.92 Å². The van der Waals surface area contributed by atoms with E-state index in [0.717, 1.165) is 37.7 Å². The van der Waals surface area contributed by atoms with Gasteiger partial charge in [-0.05, 0) is 42.2 Å². The molecule has 37 heavy (non-hydrogen) atoms. The van der Waals surface area contributed by atoms with E-state index in [1.54, 1.807) is 29.8 Å². The number of benzene rings is 1. The summed E-state index contributed by atoms with van der Waals surface area (Å²) in [6.45, 7) is 7.27. The highest BCUT2D eigenvalue weighted by Gasteiger charge is 2.24. The second-order valence-electron chi connectivity index (χ2n) is 8.62. The van der Waals surface area contributed by atoms with Crippen LogP contribution in [0.3, 0.4) is 0 Å². The molecule has 0 atom stereocenters. The summed E-state index contributed by atoms with van der Waals surface area (Å²) >= 11 is 0. The number of carbonyl (C=O) groups is 1. The Labute approximate surface area is 213 Å². The maximum Gasteiger partial charge on any atom is 0.414 e. The summed E-state index contributed by atoms with van der Waals surface area (Å²) < 4.78 is 12.4. The van der Waals surface area contributed by atoms with Gasteiger partial charge >= 0.3 is 17.8 Å². The number of ether oxygens (including phenoxy) is 2. The smallest absolute Gasteiger partial charge is 0.414 e. The first-order valence-electron chi connectivity index (χ1n) is 12.2. The summed E-state index contributed by atoms with van der Waals surface area (Å²) in [6, 6.07) is 9.62. The number of carbonyl (C=O) groups excluding carboxylic acids is 1. The van der Waals surface area contributed by atoms with Gasteiger partial charge in [-0.25, -0.2) is 9.78 Å². The third-order valence-electron chi connectivity index (χ3n) is 6.38. The lowest BCUT2D eigenvalue weighted by molar-refractivity contribution is -0.389. The van der Waals surface area contributed by atoms with Crippen LogP contribution in [-0.4, -0.2) is 82.9 Å². The number of nitro groups is 1. The number of piperazine rings is 1. The van der Waals surface area contributed by atoms with Crippen molar-refractivity contribution in [2.45, 2.75) is 13.5 Å². The van der Waals surface area contributed by atoms with Gasteiger partial charge in [0.15, 0.2) is 0 Å². The van der Waals surface area contributed by atoms with Crippen LogP contribution in [0.15, 0.2) is 42.7 Å². The lowest BCUT2D eigenvalue weighted by Gasteiger charge is -2.36. The van der Waals surface area contributed by atoms with E-state index in [-0.39, 0.29) is 17.8 Å². The molecule has 194 valence electrons. The molecule has 1 fully saturated rings. The summed E-state index contributed by atoms with van der Waals surface area (Å²) in [5, 5.41) is 11.0. The monoisotopic (exact) mass is 508 g/mol. The van der Waals surface area contributed by atoms with Gasteiger partial charge in [0.2, 0.25) is 5.95 Å². The van der Waals surface area contributed by atoms with Crippen molar-refractivity contribution in [2.24, 2.45) is 0 Å². The van der Waals surface area contributed by atoms with Gasteiger partial charge in [0.1, 0.15) is 18.6 Å². The molecule has 5 rings (SSSR count). The highest BCUT2D eigenvalue weighted by molar-refractivity contribution is 5.89. The van der Waals surface area contributed by atoms with Crippen molar-refractivity contribution in [3.63, 3.8) is 0 Å². The zero-order valence-electron chi connectivity index (χ0n) is 20.5. The zero-order chi connectivity index (χ0) is 25.8. The fourth-order valence-electron chi connectivity index (χ4n) is 4.42. The summed E-state index contributed by atoms with van der Waals surface area (Å²) in [7, 11) is 0. The number of hydrogen-bond donors (Lipinski definition) is 0. The van der Waals surface area contributed by atoms with Crippen LogP contribution in [0.5, 0.6) is 6.01 Å². The molecule has 0 bridgehead atoms. The Bertz CT molecular complexity index is 1260. The molecule has 0 unspecified atom stereocenters. The Morgan fingerprint density at radius 3 is 2.46 bits per heavy atom. The molecule has 13 heteroatoms.